The van der Waals surface area contributed by atoms with Crippen molar-refractivity contribution in [2.75, 3.05) is 20.3 Å². The summed E-state index contributed by atoms with van der Waals surface area (Å²) in [5, 5.41) is 4.00. The summed E-state index contributed by atoms with van der Waals surface area (Å²) in [5.74, 6) is 0.410. The van der Waals surface area contributed by atoms with E-state index >= 15 is 0 Å². The highest BCUT2D eigenvalue weighted by atomic mass is 16.5. The van der Waals surface area contributed by atoms with Gasteiger partial charge < -0.3 is 9.47 Å². The molecule has 0 aromatic carbocycles. The Morgan fingerprint density at radius 3 is 2.88 bits per heavy atom. The van der Waals surface area contributed by atoms with Crippen LogP contribution in [0, 0.1) is 0 Å². The first-order valence-electron chi connectivity index (χ1n) is 5.25. The van der Waals surface area contributed by atoms with Crippen molar-refractivity contribution in [2.45, 2.75) is 19.8 Å². The second-order valence-electron chi connectivity index (χ2n) is 3.29. The van der Waals surface area contributed by atoms with Crippen LogP contribution in [0.4, 0.5) is 0 Å². The van der Waals surface area contributed by atoms with E-state index in [1.807, 2.05) is 0 Å². The van der Waals surface area contributed by atoms with E-state index in [-0.39, 0.29) is 5.82 Å². The lowest BCUT2D eigenvalue weighted by Crippen LogP contribution is -2.07. The first kappa shape index (κ1) is 12.6. The largest absolute Gasteiger partial charge is 0.460 e. The summed E-state index contributed by atoms with van der Waals surface area (Å²) in [7, 11) is 3.42. The number of carbonyl (C=O) groups is 1. The van der Waals surface area contributed by atoms with Gasteiger partial charge in [0.1, 0.15) is 5.82 Å². The van der Waals surface area contributed by atoms with Crippen LogP contribution in [0.2, 0.25) is 0 Å². The molecular formula is C10H17N3O3. The molecule has 0 atom stereocenters. The molecule has 6 nitrogen and oxygen atoms in total. The quantitative estimate of drug-likeness (QED) is 0.525. The van der Waals surface area contributed by atoms with E-state index in [0.717, 1.165) is 18.7 Å². The number of hydrogen-bond acceptors (Lipinski definition) is 5. The number of methoxy groups -OCH3 is 1. The normalized spacial score (nSPS) is 10.4. The Balaban J connectivity index is 2.62. The van der Waals surface area contributed by atoms with Gasteiger partial charge in [-0.1, -0.05) is 0 Å². The maximum absolute atomic E-state index is 11.4. The Kier molecular flexibility index (Phi) is 4.91. The molecule has 90 valence electrons. The number of ether oxygens (including phenoxy) is 2. The van der Waals surface area contributed by atoms with E-state index in [9.17, 15) is 4.79 Å². The lowest BCUT2D eigenvalue weighted by atomic mass is 10.3. The minimum absolute atomic E-state index is 0.122. The monoisotopic (exact) mass is 227 g/mol. The summed E-state index contributed by atoms with van der Waals surface area (Å²) < 4.78 is 11.4. The lowest BCUT2D eigenvalue weighted by molar-refractivity contribution is 0.0512. The van der Waals surface area contributed by atoms with Crippen molar-refractivity contribution in [1.29, 1.82) is 0 Å². The zero-order valence-corrected chi connectivity index (χ0v) is 9.89. The van der Waals surface area contributed by atoms with Crippen LogP contribution in [0.25, 0.3) is 0 Å². The fourth-order valence-electron chi connectivity index (χ4n) is 1.29. The highest BCUT2D eigenvalue weighted by Crippen LogP contribution is 2.02. The van der Waals surface area contributed by atoms with Crippen LogP contribution < -0.4 is 0 Å². The summed E-state index contributed by atoms with van der Waals surface area (Å²) in [6, 6.07) is 0. The van der Waals surface area contributed by atoms with Gasteiger partial charge in [0.05, 0.1) is 6.61 Å². The lowest BCUT2D eigenvalue weighted by Gasteiger charge is -1.98. The Bertz CT molecular complexity index is 349. The van der Waals surface area contributed by atoms with E-state index in [4.69, 9.17) is 9.47 Å². The van der Waals surface area contributed by atoms with Gasteiger partial charge in [-0.2, -0.15) is 0 Å². The second kappa shape index (κ2) is 6.22. The van der Waals surface area contributed by atoms with E-state index < -0.39 is 5.97 Å². The molecule has 0 aliphatic carbocycles. The van der Waals surface area contributed by atoms with Gasteiger partial charge in [0, 0.05) is 27.2 Å². The molecule has 0 fully saturated rings. The molecule has 1 rings (SSSR count). The predicted molar refractivity (Wildman–Crippen MR) is 57.2 cm³/mol. The van der Waals surface area contributed by atoms with Crippen molar-refractivity contribution < 1.29 is 14.3 Å². The maximum atomic E-state index is 11.4. The molecule has 0 saturated heterocycles. The summed E-state index contributed by atoms with van der Waals surface area (Å²) >= 11 is 0. The van der Waals surface area contributed by atoms with Gasteiger partial charge in [0.25, 0.3) is 5.82 Å². The Hall–Kier alpha value is -1.43. The molecule has 0 unspecified atom stereocenters. The number of rotatable bonds is 6. The standard InChI is InChI=1S/C10H17N3O3/c1-4-16-10(14)9-11-8(13(2)12-9)6-5-7-15-3/h4-7H2,1-3H3. The Labute approximate surface area is 94.6 Å². The first-order chi connectivity index (χ1) is 7.69. The molecule has 0 aliphatic heterocycles. The van der Waals surface area contributed by atoms with Gasteiger partial charge in [-0.25, -0.2) is 9.78 Å². The smallest absolute Gasteiger partial charge is 0.378 e. The van der Waals surface area contributed by atoms with E-state index in [1.54, 1.807) is 25.8 Å². The molecule has 0 spiro atoms. The van der Waals surface area contributed by atoms with E-state index in [2.05, 4.69) is 10.1 Å². The highest BCUT2D eigenvalue weighted by Gasteiger charge is 2.15. The van der Waals surface area contributed by atoms with Crippen molar-refractivity contribution in [1.82, 2.24) is 14.8 Å². The molecule has 0 aliphatic rings. The number of nitrogens with zero attached hydrogens (tertiary/aromatic N) is 3. The molecule has 0 saturated carbocycles. The minimum atomic E-state index is -0.476. The molecule has 0 bridgehead atoms. The number of esters is 1. The van der Waals surface area contributed by atoms with Crippen molar-refractivity contribution in [3.63, 3.8) is 0 Å². The van der Waals surface area contributed by atoms with Crippen molar-refractivity contribution in [3.05, 3.63) is 11.6 Å². The van der Waals surface area contributed by atoms with Crippen LogP contribution in [0.15, 0.2) is 0 Å². The molecular weight excluding hydrogens is 210 g/mol. The van der Waals surface area contributed by atoms with Crippen molar-refractivity contribution in [2.24, 2.45) is 7.05 Å². The van der Waals surface area contributed by atoms with Crippen LogP contribution in [-0.4, -0.2) is 41.1 Å². The number of hydrogen-bond donors (Lipinski definition) is 0. The average Bonchev–Trinajstić information content (AvgIpc) is 2.61. The second-order valence-corrected chi connectivity index (χ2v) is 3.29. The van der Waals surface area contributed by atoms with Gasteiger partial charge in [0.15, 0.2) is 0 Å². The maximum Gasteiger partial charge on any atom is 0.378 e. The van der Waals surface area contributed by atoms with Gasteiger partial charge in [-0.05, 0) is 13.3 Å². The summed E-state index contributed by atoms with van der Waals surface area (Å²) in [6.45, 7) is 2.75. The summed E-state index contributed by atoms with van der Waals surface area (Å²) in [5.41, 5.74) is 0. The van der Waals surface area contributed by atoms with E-state index in [1.165, 1.54) is 0 Å². The SMILES string of the molecule is CCOC(=O)c1nc(CCCOC)n(C)n1. The fourth-order valence-corrected chi connectivity index (χ4v) is 1.29. The molecule has 1 aromatic heterocycles. The third-order valence-corrected chi connectivity index (χ3v) is 2.06. The molecule has 0 N–H and O–H groups in total. The average molecular weight is 227 g/mol. The van der Waals surface area contributed by atoms with Gasteiger partial charge in [0.2, 0.25) is 0 Å². The van der Waals surface area contributed by atoms with Gasteiger partial charge in [-0.3, -0.25) is 4.68 Å². The fraction of sp³-hybridized carbons (Fsp3) is 0.700. The third kappa shape index (κ3) is 3.30. The third-order valence-electron chi connectivity index (χ3n) is 2.06. The number of aryl methyl sites for hydroxylation is 2. The topological polar surface area (TPSA) is 66.2 Å². The summed E-state index contributed by atoms with van der Waals surface area (Å²) in [4.78, 5) is 15.5. The highest BCUT2D eigenvalue weighted by molar-refractivity contribution is 5.84. The summed E-state index contributed by atoms with van der Waals surface area (Å²) in [6.07, 6.45) is 1.59. The van der Waals surface area contributed by atoms with Gasteiger partial charge in [-0.15, -0.1) is 5.10 Å². The molecule has 0 radical (unpaired) electrons. The predicted octanol–water partition coefficient (Wildman–Crippen LogP) is 0.571. The van der Waals surface area contributed by atoms with Crippen LogP contribution in [0.1, 0.15) is 29.8 Å². The molecule has 0 amide bonds. The van der Waals surface area contributed by atoms with Crippen molar-refractivity contribution >= 4 is 5.97 Å². The molecule has 16 heavy (non-hydrogen) atoms. The first-order valence-corrected chi connectivity index (χ1v) is 5.25. The molecule has 1 aromatic rings. The molecule has 6 heteroatoms. The van der Waals surface area contributed by atoms with Crippen LogP contribution in [-0.2, 0) is 22.9 Å². The van der Waals surface area contributed by atoms with E-state index in [0.29, 0.717) is 13.2 Å². The Morgan fingerprint density at radius 1 is 1.50 bits per heavy atom. The van der Waals surface area contributed by atoms with Gasteiger partial charge >= 0.3 is 5.97 Å². The van der Waals surface area contributed by atoms with Crippen LogP contribution in [0.5, 0.6) is 0 Å². The zero-order chi connectivity index (χ0) is 12.0. The van der Waals surface area contributed by atoms with Crippen LogP contribution >= 0.6 is 0 Å². The number of carbonyl (C=O) groups excluding carboxylic acids is 1. The van der Waals surface area contributed by atoms with Crippen LogP contribution in [0.3, 0.4) is 0 Å². The Morgan fingerprint density at radius 2 is 2.25 bits per heavy atom. The molecule has 1 heterocycles. The zero-order valence-electron chi connectivity index (χ0n) is 9.89. The minimum Gasteiger partial charge on any atom is -0.460 e. The number of aromatic nitrogens is 3. The van der Waals surface area contributed by atoms with Crippen molar-refractivity contribution in [3.8, 4) is 0 Å².